The van der Waals surface area contributed by atoms with Gasteiger partial charge >= 0.3 is 0 Å². The molecule has 9 nitrogen and oxygen atoms in total. The maximum Gasteiger partial charge on any atom is 0.219 e. The number of benzene rings is 2. The van der Waals surface area contributed by atoms with Crippen LogP contribution >= 0.6 is 0 Å². The molecule has 1 aliphatic carbocycles. The molecule has 186 valence electrons. The van der Waals surface area contributed by atoms with Gasteiger partial charge < -0.3 is 25.4 Å². The largest absolute Gasteiger partial charge is 0.390 e. The van der Waals surface area contributed by atoms with Crippen LogP contribution in [0.25, 0.3) is 0 Å². The Hall–Kier alpha value is -3.27. The minimum Gasteiger partial charge on any atom is -0.390 e. The number of rotatable bonds is 9. The third kappa shape index (κ3) is 5.37. The summed E-state index contributed by atoms with van der Waals surface area (Å²) in [7, 11) is 0. The molecule has 35 heavy (non-hydrogen) atoms. The second-order valence-corrected chi connectivity index (χ2v) is 8.77. The number of β-amino-alcohol motifs (C(OH)–C–C–N with tert-alkyl or cyclic N) is 1. The minimum absolute atomic E-state index is 0.0663. The normalized spacial score (nSPS) is 16.5. The summed E-state index contributed by atoms with van der Waals surface area (Å²) in [6.07, 6.45) is -0.688. The summed E-state index contributed by atoms with van der Waals surface area (Å²) in [6, 6.07) is 10.3. The molecule has 0 aromatic heterocycles. The first kappa shape index (κ1) is 24.8. The highest BCUT2D eigenvalue weighted by Gasteiger charge is 2.34. The molecule has 0 spiro atoms. The third-order valence-electron chi connectivity index (χ3n) is 6.46. The molecule has 0 bridgehead atoms. The van der Waals surface area contributed by atoms with Gasteiger partial charge in [0, 0.05) is 75.3 Å². The number of nitrogens with zero attached hydrogens (tertiary/aromatic N) is 2. The number of amides is 1. The predicted octanol–water partition coefficient (Wildman–Crippen LogP) is 1.80. The van der Waals surface area contributed by atoms with Crippen LogP contribution in [-0.2, 0) is 9.53 Å². The van der Waals surface area contributed by atoms with Gasteiger partial charge in [-0.05, 0) is 19.1 Å². The Kier molecular flexibility index (Phi) is 7.80. The highest BCUT2D eigenvalue weighted by Crippen LogP contribution is 2.36. The van der Waals surface area contributed by atoms with E-state index >= 15 is 0 Å². The van der Waals surface area contributed by atoms with Crippen molar-refractivity contribution in [1.29, 1.82) is 0 Å². The van der Waals surface area contributed by atoms with Gasteiger partial charge in [0.1, 0.15) is 6.73 Å². The Morgan fingerprint density at radius 1 is 0.971 bits per heavy atom. The number of fused-ring (bicyclic) bond motifs is 2. The summed E-state index contributed by atoms with van der Waals surface area (Å²) < 4.78 is 5.38. The van der Waals surface area contributed by atoms with Crippen LogP contribution in [0.4, 0.5) is 11.4 Å². The predicted molar refractivity (Wildman–Crippen MR) is 133 cm³/mol. The lowest BCUT2D eigenvalue weighted by atomic mass is 9.82. The van der Waals surface area contributed by atoms with E-state index in [1.165, 1.54) is 0 Å². The fraction of sp³-hybridized carbons (Fsp3) is 0.423. The maximum atomic E-state index is 13.4. The standard InChI is InChI=1S/C26H32N4O5/c1-3-35-16-28-22-9-8-21(23-24(22)26(34)20-7-5-4-6-19(20)25(23)33)27-14-18(32)15-29-10-12-30(13-11-29)17(2)31/h4-9,18,27-28,32H,3,10-16H2,1-2H3/t18-/m0/s1. The quantitative estimate of drug-likeness (QED) is 0.314. The monoisotopic (exact) mass is 480 g/mol. The van der Waals surface area contributed by atoms with E-state index in [9.17, 15) is 19.5 Å². The number of ether oxygens (including phenoxy) is 1. The fourth-order valence-electron chi connectivity index (χ4n) is 4.58. The lowest BCUT2D eigenvalue weighted by molar-refractivity contribution is -0.130. The van der Waals surface area contributed by atoms with Crippen LogP contribution < -0.4 is 10.6 Å². The van der Waals surface area contributed by atoms with E-state index in [0.717, 1.165) is 0 Å². The number of piperazine rings is 1. The first-order chi connectivity index (χ1) is 16.9. The second-order valence-electron chi connectivity index (χ2n) is 8.77. The second kappa shape index (κ2) is 11.0. The van der Waals surface area contributed by atoms with E-state index in [4.69, 9.17) is 4.74 Å². The zero-order chi connectivity index (χ0) is 24.9. The Balaban J connectivity index is 1.51. The van der Waals surface area contributed by atoms with Crippen molar-refractivity contribution in [3.63, 3.8) is 0 Å². The van der Waals surface area contributed by atoms with Gasteiger partial charge in [0.15, 0.2) is 11.6 Å². The molecule has 1 saturated heterocycles. The Bertz CT molecular complexity index is 1110. The number of carbonyl (C=O) groups is 3. The number of hydrogen-bond donors (Lipinski definition) is 3. The third-order valence-corrected chi connectivity index (χ3v) is 6.46. The Labute approximate surface area is 205 Å². The molecule has 1 aliphatic heterocycles. The molecular formula is C26H32N4O5. The SMILES string of the molecule is CCOCNc1ccc(NC[C@H](O)CN2CCN(C(C)=O)CC2)c2c1C(=O)c1ccccc1C2=O. The topological polar surface area (TPSA) is 111 Å². The van der Waals surface area contributed by atoms with Crippen molar-refractivity contribution in [1.82, 2.24) is 9.80 Å². The average Bonchev–Trinajstić information content (AvgIpc) is 2.86. The smallest absolute Gasteiger partial charge is 0.219 e. The fourth-order valence-corrected chi connectivity index (χ4v) is 4.58. The van der Waals surface area contributed by atoms with Crippen molar-refractivity contribution in [3.05, 3.63) is 58.7 Å². The summed E-state index contributed by atoms with van der Waals surface area (Å²) in [5.74, 6) is -0.383. The zero-order valence-electron chi connectivity index (χ0n) is 20.2. The summed E-state index contributed by atoms with van der Waals surface area (Å²) in [5, 5.41) is 16.9. The van der Waals surface area contributed by atoms with Gasteiger partial charge in [-0.15, -0.1) is 0 Å². The van der Waals surface area contributed by atoms with Gasteiger partial charge in [-0.3, -0.25) is 19.3 Å². The van der Waals surface area contributed by atoms with Crippen LogP contribution in [0.2, 0.25) is 0 Å². The van der Waals surface area contributed by atoms with Gasteiger partial charge in [-0.1, -0.05) is 24.3 Å². The molecular weight excluding hydrogens is 448 g/mol. The van der Waals surface area contributed by atoms with Gasteiger partial charge in [0.05, 0.1) is 17.2 Å². The van der Waals surface area contributed by atoms with E-state index in [-0.39, 0.29) is 30.7 Å². The van der Waals surface area contributed by atoms with Crippen molar-refractivity contribution in [2.24, 2.45) is 0 Å². The van der Waals surface area contributed by atoms with Crippen LogP contribution in [0.1, 0.15) is 45.7 Å². The van der Waals surface area contributed by atoms with Crippen molar-refractivity contribution in [2.45, 2.75) is 20.0 Å². The number of hydrogen-bond acceptors (Lipinski definition) is 8. The van der Waals surface area contributed by atoms with Crippen LogP contribution in [0.3, 0.4) is 0 Å². The first-order valence-electron chi connectivity index (χ1n) is 12.0. The number of aliphatic hydroxyl groups excluding tert-OH is 1. The van der Waals surface area contributed by atoms with Gasteiger partial charge in [0.25, 0.3) is 0 Å². The van der Waals surface area contributed by atoms with E-state index in [2.05, 4.69) is 15.5 Å². The summed E-state index contributed by atoms with van der Waals surface area (Å²) in [4.78, 5) is 42.3. The minimum atomic E-state index is -0.688. The van der Waals surface area contributed by atoms with Gasteiger partial charge in [-0.2, -0.15) is 0 Å². The van der Waals surface area contributed by atoms with E-state index in [0.29, 0.717) is 73.0 Å². The number of ketones is 2. The molecule has 9 heteroatoms. The molecule has 4 rings (SSSR count). The van der Waals surface area contributed by atoms with E-state index in [1.807, 2.05) is 6.92 Å². The number of aliphatic hydroxyl groups is 1. The molecule has 0 unspecified atom stereocenters. The molecule has 1 amide bonds. The van der Waals surface area contributed by atoms with Gasteiger partial charge in [0.2, 0.25) is 5.91 Å². The lowest BCUT2D eigenvalue weighted by Gasteiger charge is -2.35. The first-order valence-corrected chi connectivity index (χ1v) is 12.0. The lowest BCUT2D eigenvalue weighted by Crippen LogP contribution is -2.50. The van der Waals surface area contributed by atoms with Crippen molar-refractivity contribution >= 4 is 28.8 Å². The molecule has 3 N–H and O–H groups in total. The molecule has 1 atom stereocenters. The van der Waals surface area contributed by atoms with E-state index in [1.54, 1.807) is 48.2 Å². The molecule has 0 saturated carbocycles. The molecule has 2 aliphatic rings. The summed E-state index contributed by atoms with van der Waals surface area (Å²) >= 11 is 0. The van der Waals surface area contributed by atoms with Crippen LogP contribution in [0.5, 0.6) is 0 Å². The number of anilines is 2. The van der Waals surface area contributed by atoms with Crippen molar-refractivity contribution < 1.29 is 24.2 Å². The summed E-state index contributed by atoms with van der Waals surface area (Å²) in [5.41, 5.74) is 2.42. The van der Waals surface area contributed by atoms with Gasteiger partial charge in [-0.25, -0.2) is 0 Å². The summed E-state index contributed by atoms with van der Waals surface area (Å²) in [6.45, 7) is 7.55. The van der Waals surface area contributed by atoms with Crippen molar-refractivity contribution in [3.8, 4) is 0 Å². The van der Waals surface area contributed by atoms with Crippen LogP contribution in [0.15, 0.2) is 36.4 Å². The molecule has 2 aromatic carbocycles. The number of nitrogens with one attached hydrogen (secondary N) is 2. The van der Waals surface area contributed by atoms with Crippen molar-refractivity contribution in [2.75, 3.05) is 63.2 Å². The molecule has 2 aromatic rings. The molecule has 1 heterocycles. The Morgan fingerprint density at radius 3 is 2.09 bits per heavy atom. The number of carbonyl (C=O) groups excluding carboxylic acids is 3. The van der Waals surface area contributed by atoms with Crippen LogP contribution in [-0.4, -0.2) is 91.1 Å². The zero-order valence-corrected chi connectivity index (χ0v) is 20.2. The van der Waals surface area contributed by atoms with E-state index < -0.39 is 6.10 Å². The molecule has 1 fully saturated rings. The average molecular weight is 481 g/mol. The maximum absolute atomic E-state index is 13.4. The highest BCUT2D eigenvalue weighted by atomic mass is 16.5. The highest BCUT2D eigenvalue weighted by molar-refractivity contribution is 6.31. The molecule has 0 radical (unpaired) electrons. The Morgan fingerprint density at radius 2 is 1.54 bits per heavy atom. The van der Waals surface area contributed by atoms with Crippen LogP contribution in [0, 0.1) is 0 Å².